The van der Waals surface area contributed by atoms with Gasteiger partial charge in [0, 0.05) is 22.1 Å². The van der Waals surface area contributed by atoms with Crippen LogP contribution in [0.1, 0.15) is 49.7 Å². The van der Waals surface area contributed by atoms with E-state index in [9.17, 15) is 5.26 Å². The van der Waals surface area contributed by atoms with Gasteiger partial charge in [0.2, 0.25) is 0 Å². The highest BCUT2D eigenvalue weighted by Crippen LogP contribution is 2.60. The van der Waals surface area contributed by atoms with Crippen molar-refractivity contribution < 1.29 is 0 Å². The molecule has 4 bridgehead atoms. The highest BCUT2D eigenvalue weighted by atomic mass is 15.0. The fourth-order valence-electron chi connectivity index (χ4n) is 8.37. The number of hydrogen-bond donors (Lipinski definition) is 0. The van der Waals surface area contributed by atoms with Crippen molar-refractivity contribution in [1.29, 1.82) is 5.26 Å². The van der Waals surface area contributed by atoms with Crippen molar-refractivity contribution in [2.75, 3.05) is 0 Å². The Morgan fingerprint density at radius 2 is 1.12 bits per heavy atom. The van der Waals surface area contributed by atoms with Gasteiger partial charge in [0.15, 0.2) is 17.5 Å². The Labute approximate surface area is 234 Å². The van der Waals surface area contributed by atoms with Gasteiger partial charge < -0.3 is 0 Å². The average molecular weight is 519 g/mol. The summed E-state index contributed by atoms with van der Waals surface area (Å²) in [7, 11) is 0. The molecule has 4 heteroatoms. The Balaban J connectivity index is 1.24. The van der Waals surface area contributed by atoms with E-state index in [2.05, 4.69) is 30.3 Å². The van der Waals surface area contributed by atoms with Crippen LogP contribution < -0.4 is 0 Å². The lowest BCUT2D eigenvalue weighted by Gasteiger charge is -2.57. The number of fused-ring (bicyclic) bond motifs is 1. The van der Waals surface area contributed by atoms with Gasteiger partial charge in [-0.05, 0) is 84.8 Å². The normalized spacial score (nSPS) is 24.7. The lowest BCUT2D eigenvalue weighted by atomic mass is 9.48. The third-order valence-corrected chi connectivity index (χ3v) is 9.75. The van der Waals surface area contributed by atoms with Crippen LogP contribution in [0.5, 0.6) is 0 Å². The molecule has 1 aromatic heterocycles. The molecule has 1 heterocycles. The highest BCUT2D eigenvalue weighted by molar-refractivity contribution is 5.98. The fourth-order valence-corrected chi connectivity index (χ4v) is 8.37. The molecule has 0 radical (unpaired) electrons. The zero-order chi connectivity index (χ0) is 26.7. The molecule has 5 aromatic rings. The Bertz CT molecular complexity index is 1750. The molecular weight excluding hydrogens is 488 g/mol. The van der Waals surface area contributed by atoms with E-state index in [1.165, 1.54) is 44.1 Å². The summed E-state index contributed by atoms with van der Waals surface area (Å²) < 4.78 is 0. The van der Waals surface area contributed by atoms with Gasteiger partial charge in [-0.2, -0.15) is 5.26 Å². The topological polar surface area (TPSA) is 62.5 Å². The Morgan fingerprint density at radius 1 is 0.575 bits per heavy atom. The summed E-state index contributed by atoms with van der Waals surface area (Å²) in [5.41, 5.74) is 5.39. The van der Waals surface area contributed by atoms with Crippen molar-refractivity contribution >= 4 is 10.8 Å². The third-order valence-electron chi connectivity index (χ3n) is 9.75. The molecule has 4 saturated carbocycles. The highest BCUT2D eigenvalue weighted by Gasteiger charge is 2.51. The minimum Gasteiger partial charge on any atom is -0.208 e. The number of nitriles is 1. The Hall–Kier alpha value is -4.36. The van der Waals surface area contributed by atoms with Crippen LogP contribution >= 0.6 is 0 Å². The summed E-state index contributed by atoms with van der Waals surface area (Å²) in [5.74, 6) is 4.72. The van der Waals surface area contributed by atoms with Crippen molar-refractivity contribution in [1.82, 2.24) is 15.0 Å². The van der Waals surface area contributed by atoms with Gasteiger partial charge in [0.1, 0.15) is 0 Å². The van der Waals surface area contributed by atoms with Crippen molar-refractivity contribution in [3.63, 3.8) is 0 Å². The van der Waals surface area contributed by atoms with Crippen LogP contribution in [0.25, 0.3) is 44.9 Å². The number of benzene rings is 4. The number of nitrogens with zero attached hydrogens (tertiary/aromatic N) is 4. The summed E-state index contributed by atoms with van der Waals surface area (Å²) in [6.07, 6.45) is 8.44. The largest absolute Gasteiger partial charge is 0.208 e. The second kappa shape index (κ2) is 9.10. The van der Waals surface area contributed by atoms with Crippen LogP contribution in [0.3, 0.4) is 0 Å². The zero-order valence-corrected chi connectivity index (χ0v) is 22.4. The number of hydrogen-bond acceptors (Lipinski definition) is 4. The van der Waals surface area contributed by atoms with E-state index < -0.39 is 0 Å². The molecule has 4 fully saturated rings. The minimum absolute atomic E-state index is 0.369. The van der Waals surface area contributed by atoms with E-state index >= 15 is 0 Å². The predicted octanol–water partition coefficient (Wildman–Crippen LogP) is 8.37. The van der Waals surface area contributed by atoms with Crippen LogP contribution in [-0.4, -0.2) is 15.0 Å². The first-order valence-electron chi connectivity index (χ1n) is 14.5. The van der Waals surface area contributed by atoms with Crippen LogP contribution in [0.4, 0.5) is 0 Å². The molecule has 0 saturated heterocycles. The molecule has 0 unspecified atom stereocenters. The van der Waals surface area contributed by atoms with Gasteiger partial charge in [-0.3, -0.25) is 0 Å². The minimum atomic E-state index is 0.369. The van der Waals surface area contributed by atoms with Gasteiger partial charge in [-0.1, -0.05) is 78.9 Å². The van der Waals surface area contributed by atoms with Gasteiger partial charge in [-0.15, -0.1) is 0 Å². The summed E-state index contributed by atoms with van der Waals surface area (Å²) in [4.78, 5) is 14.9. The molecule has 9 rings (SSSR count). The fraction of sp³-hybridized carbons (Fsp3) is 0.278. The summed E-state index contributed by atoms with van der Waals surface area (Å²) in [6, 6.07) is 33.4. The molecule has 0 amide bonds. The maximum atomic E-state index is 9.68. The van der Waals surface area contributed by atoms with E-state index in [0.717, 1.165) is 45.2 Å². The molecule has 4 aromatic carbocycles. The van der Waals surface area contributed by atoms with Crippen molar-refractivity contribution in [2.24, 2.45) is 17.8 Å². The molecule has 4 nitrogen and oxygen atoms in total. The molecule has 0 atom stereocenters. The molecule has 4 aliphatic carbocycles. The quantitative estimate of drug-likeness (QED) is 0.240. The predicted molar refractivity (Wildman–Crippen MR) is 158 cm³/mol. The maximum absolute atomic E-state index is 9.68. The summed E-state index contributed by atoms with van der Waals surface area (Å²) in [6.45, 7) is 0. The molecule has 0 N–H and O–H groups in total. The smallest absolute Gasteiger partial charge is 0.164 e. The average Bonchev–Trinajstić information content (AvgIpc) is 3.00. The lowest BCUT2D eigenvalue weighted by molar-refractivity contribution is -0.00518. The van der Waals surface area contributed by atoms with E-state index in [1.807, 2.05) is 66.7 Å². The number of rotatable bonds is 4. The van der Waals surface area contributed by atoms with Gasteiger partial charge >= 0.3 is 0 Å². The van der Waals surface area contributed by atoms with E-state index in [1.54, 1.807) is 0 Å². The first-order chi connectivity index (χ1) is 19.7. The summed E-state index contributed by atoms with van der Waals surface area (Å²) >= 11 is 0. The van der Waals surface area contributed by atoms with Crippen LogP contribution in [0.2, 0.25) is 0 Å². The SMILES string of the molecule is N#Cc1ccc(-c2nc(-c3ccccc3)nc(-c3ccc(C45C[C@H]6C[C@H](C4)C[C@@H](C5)C6)cc3)n2)c2ccccc12. The maximum Gasteiger partial charge on any atom is 0.164 e. The zero-order valence-electron chi connectivity index (χ0n) is 22.4. The molecular formula is C36H30N4. The first-order valence-corrected chi connectivity index (χ1v) is 14.5. The van der Waals surface area contributed by atoms with E-state index in [0.29, 0.717) is 28.5 Å². The van der Waals surface area contributed by atoms with Crippen LogP contribution in [0.15, 0.2) is 91.0 Å². The van der Waals surface area contributed by atoms with Gasteiger partial charge in [0.25, 0.3) is 0 Å². The van der Waals surface area contributed by atoms with Crippen LogP contribution in [-0.2, 0) is 5.41 Å². The lowest BCUT2D eigenvalue weighted by Crippen LogP contribution is -2.48. The third kappa shape index (κ3) is 3.84. The van der Waals surface area contributed by atoms with Crippen LogP contribution in [0, 0.1) is 29.1 Å². The molecule has 40 heavy (non-hydrogen) atoms. The molecule has 0 spiro atoms. The van der Waals surface area contributed by atoms with Crippen molar-refractivity contribution in [3.05, 3.63) is 102 Å². The van der Waals surface area contributed by atoms with E-state index in [4.69, 9.17) is 15.0 Å². The van der Waals surface area contributed by atoms with Crippen molar-refractivity contribution in [3.8, 4) is 40.2 Å². The standard InChI is InChI=1S/C36H30N4/c37-22-28-12-15-32(31-9-5-4-8-30(28)31)35-39-33(26-6-2-1-3-7-26)38-34(40-35)27-10-13-29(14-11-27)36-19-23-16-24(20-36)18-25(17-23)21-36/h1-15,23-25H,16-21H2/t23-,24-,25-,36?. The van der Waals surface area contributed by atoms with Crippen molar-refractivity contribution in [2.45, 2.75) is 43.9 Å². The molecule has 0 aliphatic heterocycles. The van der Waals surface area contributed by atoms with E-state index in [-0.39, 0.29) is 0 Å². The number of aromatic nitrogens is 3. The Morgan fingerprint density at radius 3 is 1.75 bits per heavy atom. The Kier molecular flexibility index (Phi) is 5.35. The molecule has 194 valence electrons. The second-order valence-corrected chi connectivity index (χ2v) is 12.3. The van der Waals surface area contributed by atoms with Gasteiger partial charge in [0.05, 0.1) is 11.6 Å². The van der Waals surface area contributed by atoms with Gasteiger partial charge in [-0.25, -0.2) is 15.0 Å². The monoisotopic (exact) mass is 518 g/mol. The first kappa shape index (κ1) is 23.5. The summed E-state index contributed by atoms with van der Waals surface area (Å²) in [5, 5.41) is 11.6. The second-order valence-electron chi connectivity index (χ2n) is 12.3. The molecule has 4 aliphatic rings.